The summed E-state index contributed by atoms with van der Waals surface area (Å²) < 4.78 is 5.83. The van der Waals surface area contributed by atoms with E-state index in [9.17, 15) is 4.79 Å². The molecule has 0 aliphatic carbocycles. The van der Waals surface area contributed by atoms with Crippen molar-refractivity contribution in [2.75, 3.05) is 63.9 Å². The first-order chi connectivity index (χ1) is 13.0. The number of nitrogens with one attached hydrogen (secondary N) is 1. The lowest BCUT2D eigenvalue weighted by molar-refractivity contribution is -0.0294. The lowest BCUT2D eigenvalue weighted by Gasteiger charge is -2.37. The Bertz CT molecular complexity index is 614. The van der Waals surface area contributed by atoms with Crippen LogP contribution in [0.15, 0.2) is 24.3 Å². The third-order valence-corrected chi connectivity index (χ3v) is 5.35. The zero-order chi connectivity index (χ0) is 19.2. The molecule has 2 amide bonds. The van der Waals surface area contributed by atoms with Gasteiger partial charge in [0, 0.05) is 58.0 Å². The second kappa shape index (κ2) is 9.42. The van der Waals surface area contributed by atoms with Crippen molar-refractivity contribution in [3.8, 4) is 0 Å². The van der Waals surface area contributed by atoms with Gasteiger partial charge in [-0.3, -0.25) is 4.90 Å². The zero-order valence-electron chi connectivity index (χ0n) is 17.0. The number of para-hydroxylation sites is 1. The number of carbonyl (C=O) groups is 1. The Morgan fingerprint density at radius 1 is 1.19 bits per heavy atom. The van der Waals surface area contributed by atoms with Gasteiger partial charge in [-0.05, 0) is 24.5 Å². The van der Waals surface area contributed by atoms with E-state index < -0.39 is 0 Å². The SMILES string of the molecule is Cc1ccccc1N1CCN(C(=O)NC[C@H]2CN(CC(C)C)CCO2)CC1. The van der Waals surface area contributed by atoms with Crippen LogP contribution in [0.1, 0.15) is 19.4 Å². The number of amides is 2. The minimum Gasteiger partial charge on any atom is -0.374 e. The highest BCUT2D eigenvalue weighted by Gasteiger charge is 2.25. The van der Waals surface area contributed by atoms with Crippen molar-refractivity contribution in [3.05, 3.63) is 29.8 Å². The number of benzene rings is 1. The average Bonchev–Trinajstić information content (AvgIpc) is 2.66. The first kappa shape index (κ1) is 20.0. The van der Waals surface area contributed by atoms with E-state index in [1.165, 1.54) is 11.3 Å². The van der Waals surface area contributed by atoms with Crippen LogP contribution >= 0.6 is 0 Å². The normalized spacial score (nSPS) is 21.6. The van der Waals surface area contributed by atoms with Crippen molar-refractivity contribution >= 4 is 11.7 Å². The molecule has 1 aromatic carbocycles. The molecule has 0 radical (unpaired) electrons. The molecule has 2 aliphatic rings. The lowest BCUT2D eigenvalue weighted by atomic mass is 10.1. The number of hydrogen-bond acceptors (Lipinski definition) is 4. The average molecular weight is 375 g/mol. The van der Waals surface area contributed by atoms with Gasteiger partial charge in [-0.1, -0.05) is 32.0 Å². The van der Waals surface area contributed by atoms with Gasteiger partial charge in [0.15, 0.2) is 0 Å². The Labute approximate surface area is 163 Å². The molecule has 0 bridgehead atoms. The molecule has 0 unspecified atom stereocenters. The van der Waals surface area contributed by atoms with Gasteiger partial charge in [0.25, 0.3) is 0 Å². The predicted octanol–water partition coefficient (Wildman–Crippen LogP) is 2.18. The third kappa shape index (κ3) is 5.59. The maximum atomic E-state index is 12.5. The summed E-state index contributed by atoms with van der Waals surface area (Å²) in [6.07, 6.45) is 0.0923. The maximum Gasteiger partial charge on any atom is 0.317 e. The monoisotopic (exact) mass is 374 g/mol. The van der Waals surface area contributed by atoms with Crippen LogP contribution in [0, 0.1) is 12.8 Å². The number of ether oxygens (including phenoxy) is 1. The number of anilines is 1. The van der Waals surface area contributed by atoms with Gasteiger partial charge in [0.1, 0.15) is 0 Å². The first-order valence-electron chi connectivity index (χ1n) is 10.2. The number of urea groups is 1. The summed E-state index contributed by atoms with van der Waals surface area (Å²) in [6, 6.07) is 8.48. The second-order valence-corrected chi connectivity index (χ2v) is 8.09. The van der Waals surface area contributed by atoms with E-state index in [2.05, 4.69) is 60.2 Å². The summed E-state index contributed by atoms with van der Waals surface area (Å²) in [4.78, 5) is 19.3. The van der Waals surface area contributed by atoms with Crippen molar-refractivity contribution in [1.82, 2.24) is 15.1 Å². The Balaban J connectivity index is 1.41. The van der Waals surface area contributed by atoms with Crippen LogP contribution in [-0.2, 0) is 4.74 Å². The van der Waals surface area contributed by atoms with Crippen LogP contribution in [0.3, 0.4) is 0 Å². The largest absolute Gasteiger partial charge is 0.374 e. The number of hydrogen-bond donors (Lipinski definition) is 1. The standard InChI is InChI=1S/C21H34N4O2/c1-17(2)15-23-12-13-27-19(16-23)14-22-21(26)25-10-8-24(9-11-25)20-7-5-4-6-18(20)3/h4-7,17,19H,8-16H2,1-3H3,(H,22,26)/t19-/m0/s1. The van der Waals surface area contributed by atoms with E-state index in [0.29, 0.717) is 12.5 Å². The summed E-state index contributed by atoms with van der Waals surface area (Å²) in [5.41, 5.74) is 2.56. The second-order valence-electron chi connectivity index (χ2n) is 8.09. The molecule has 0 spiro atoms. The van der Waals surface area contributed by atoms with E-state index in [-0.39, 0.29) is 12.1 Å². The molecule has 0 aromatic heterocycles. The van der Waals surface area contributed by atoms with Crippen LogP contribution in [0.5, 0.6) is 0 Å². The molecule has 2 saturated heterocycles. The van der Waals surface area contributed by atoms with E-state index >= 15 is 0 Å². The van der Waals surface area contributed by atoms with E-state index in [1.807, 2.05) is 4.90 Å². The fourth-order valence-electron chi connectivity index (χ4n) is 3.97. The molecule has 3 rings (SSSR count). The van der Waals surface area contributed by atoms with Gasteiger partial charge in [0.2, 0.25) is 0 Å². The molecule has 1 aromatic rings. The van der Waals surface area contributed by atoms with E-state index in [1.54, 1.807) is 0 Å². The molecular weight excluding hydrogens is 340 g/mol. The fraction of sp³-hybridized carbons (Fsp3) is 0.667. The highest BCUT2D eigenvalue weighted by Crippen LogP contribution is 2.20. The van der Waals surface area contributed by atoms with Gasteiger partial charge < -0.3 is 19.9 Å². The molecule has 2 heterocycles. The molecule has 6 heteroatoms. The highest BCUT2D eigenvalue weighted by atomic mass is 16.5. The molecule has 150 valence electrons. The lowest BCUT2D eigenvalue weighted by Crippen LogP contribution is -2.54. The van der Waals surface area contributed by atoms with Crippen LogP contribution in [-0.4, -0.2) is 80.9 Å². The smallest absolute Gasteiger partial charge is 0.317 e. The fourth-order valence-corrected chi connectivity index (χ4v) is 3.97. The number of nitrogens with zero attached hydrogens (tertiary/aromatic N) is 3. The van der Waals surface area contributed by atoms with Crippen LogP contribution in [0.2, 0.25) is 0 Å². The van der Waals surface area contributed by atoms with Gasteiger partial charge in [-0.2, -0.15) is 0 Å². The third-order valence-electron chi connectivity index (χ3n) is 5.35. The Hall–Kier alpha value is -1.79. The Kier molecular flexibility index (Phi) is 6.96. The van der Waals surface area contributed by atoms with Crippen molar-refractivity contribution < 1.29 is 9.53 Å². The van der Waals surface area contributed by atoms with E-state index in [0.717, 1.165) is 52.4 Å². The molecule has 2 fully saturated rings. The Morgan fingerprint density at radius 3 is 2.63 bits per heavy atom. The quantitative estimate of drug-likeness (QED) is 0.858. The molecular formula is C21H34N4O2. The van der Waals surface area contributed by atoms with Crippen molar-refractivity contribution in [1.29, 1.82) is 0 Å². The van der Waals surface area contributed by atoms with Crippen molar-refractivity contribution in [2.24, 2.45) is 5.92 Å². The highest BCUT2D eigenvalue weighted by molar-refractivity contribution is 5.74. The van der Waals surface area contributed by atoms with Crippen molar-refractivity contribution in [3.63, 3.8) is 0 Å². The number of carbonyl (C=O) groups excluding carboxylic acids is 1. The van der Waals surface area contributed by atoms with E-state index in [4.69, 9.17) is 4.74 Å². The summed E-state index contributed by atoms with van der Waals surface area (Å²) in [6.45, 7) is 14.2. The number of aryl methyl sites for hydroxylation is 1. The number of piperazine rings is 1. The zero-order valence-corrected chi connectivity index (χ0v) is 17.0. The van der Waals surface area contributed by atoms with Gasteiger partial charge in [0.05, 0.1) is 12.7 Å². The van der Waals surface area contributed by atoms with Crippen LogP contribution in [0.4, 0.5) is 10.5 Å². The molecule has 0 saturated carbocycles. The molecule has 27 heavy (non-hydrogen) atoms. The minimum atomic E-state index is 0.0315. The predicted molar refractivity (Wildman–Crippen MR) is 109 cm³/mol. The van der Waals surface area contributed by atoms with Gasteiger partial charge >= 0.3 is 6.03 Å². The molecule has 2 aliphatic heterocycles. The van der Waals surface area contributed by atoms with Crippen LogP contribution in [0.25, 0.3) is 0 Å². The number of rotatable bonds is 5. The first-order valence-corrected chi connectivity index (χ1v) is 10.2. The molecule has 6 nitrogen and oxygen atoms in total. The van der Waals surface area contributed by atoms with Crippen molar-refractivity contribution in [2.45, 2.75) is 26.9 Å². The summed E-state index contributed by atoms with van der Waals surface area (Å²) in [7, 11) is 0. The van der Waals surface area contributed by atoms with Gasteiger partial charge in [-0.15, -0.1) is 0 Å². The molecule has 1 N–H and O–H groups in total. The van der Waals surface area contributed by atoms with Crippen LogP contribution < -0.4 is 10.2 Å². The van der Waals surface area contributed by atoms with Gasteiger partial charge in [-0.25, -0.2) is 4.79 Å². The number of morpholine rings is 1. The maximum absolute atomic E-state index is 12.5. The summed E-state index contributed by atoms with van der Waals surface area (Å²) >= 11 is 0. The minimum absolute atomic E-state index is 0.0315. The summed E-state index contributed by atoms with van der Waals surface area (Å²) in [5.74, 6) is 0.655. The summed E-state index contributed by atoms with van der Waals surface area (Å²) in [5, 5.41) is 3.08. The molecule has 1 atom stereocenters. The Morgan fingerprint density at radius 2 is 1.93 bits per heavy atom. The topological polar surface area (TPSA) is 48.0 Å².